The third-order valence-electron chi connectivity index (χ3n) is 10.7. The Labute approximate surface area is 337 Å². The number of hydrogen-bond acceptors (Lipinski definition) is 12. The molecule has 4 aromatic rings. The molecule has 1 aliphatic carbocycles. The first-order chi connectivity index (χ1) is 28.2. The summed E-state index contributed by atoms with van der Waals surface area (Å²) < 4.78 is 38.9. The van der Waals surface area contributed by atoms with Crippen molar-refractivity contribution in [2.24, 2.45) is 0 Å². The molecule has 0 bridgehead atoms. The molecule has 2 aromatic carbocycles. The van der Waals surface area contributed by atoms with Gasteiger partial charge in [0.05, 0.1) is 25.5 Å². The fraction of sp³-hybridized carbons (Fsp3) is 0.487. The van der Waals surface area contributed by atoms with Gasteiger partial charge in [0.15, 0.2) is 17.0 Å². The second-order valence-electron chi connectivity index (χ2n) is 14.7. The lowest BCUT2D eigenvalue weighted by Crippen LogP contribution is -2.47. The van der Waals surface area contributed by atoms with E-state index in [4.69, 9.17) is 29.6 Å². The van der Waals surface area contributed by atoms with Crippen LogP contribution in [0.3, 0.4) is 0 Å². The van der Waals surface area contributed by atoms with Gasteiger partial charge in [-0.15, -0.1) is 0 Å². The summed E-state index contributed by atoms with van der Waals surface area (Å²) in [7, 11) is 1.65. The standard InChI is InChI=1S/C37H48N10O5.C2HF3O2/c1-3-30(48)43-28-17-29(33(50)32(28)49)47-21-40-31-34(39-19-27(22-7-5-4-6-8-22)23-9-11-26(52-2)12-10-23)44-36(45-35(31)47)46-16-14-25(20-46)42-37(51)41-24-13-15-38-18-24;3-2(4,5)1(6)7/h4-12,21,24-25,27-29,32-33,38,49-50H,3,13-20H2,1-2H3,(H,43,48)(H,39,44,45)(H2,41,42,51);(H,6,7)/t24-,25-,27?,28+,29-,32-,33+;/m1./s1. The largest absolute Gasteiger partial charge is 0.497 e. The number of urea groups is 1. The second-order valence-corrected chi connectivity index (χ2v) is 14.7. The van der Waals surface area contributed by atoms with Gasteiger partial charge in [-0.05, 0) is 49.1 Å². The Morgan fingerprint density at radius 1 is 0.966 bits per heavy atom. The maximum atomic E-state index is 12.8. The highest BCUT2D eigenvalue weighted by Crippen LogP contribution is 2.36. The maximum absolute atomic E-state index is 12.8. The van der Waals surface area contributed by atoms with Gasteiger partial charge in [0, 0.05) is 50.6 Å². The van der Waals surface area contributed by atoms with Gasteiger partial charge in [-0.3, -0.25) is 4.79 Å². The molecule has 4 heterocycles. The SMILES string of the molecule is CCC(=O)N[C@H]1C[C@@H](n2cnc3c(NCC(c4ccccc4)c4ccc(OC)cc4)nc(N4CC[C@@H](NC(=O)N[C@@H]5CCNC5)C4)nc32)[C@H](O)[C@@H]1O.O=C(O)C(F)(F)F. The van der Waals surface area contributed by atoms with E-state index in [2.05, 4.69) is 50.8 Å². The quantitative estimate of drug-likeness (QED) is 0.103. The van der Waals surface area contributed by atoms with Crippen LogP contribution in [0.2, 0.25) is 0 Å². The van der Waals surface area contributed by atoms with Gasteiger partial charge in [-0.1, -0.05) is 49.4 Å². The van der Waals surface area contributed by atoms with Crippen molar-refractivity contribution in [1.82, 2.24) is 40.8 Å². The lowest BCUT2D eigenvalue weighted by molar-refractivity contribution is -0.192. The first-order valence-corrected chi connectivity index (χ1v) is 19.4. The third kappa shape index (κ3) is 10.5. The van der Waals surface area contributed by atoms with Gasteiger partial charge in [-0.25, -0.2) is 14.6 Å². The lowest BCUT2D eigenvalue weighted by atomic mass is 9.91. The molecule has 59 heavy (non-hydrogen) atoms. The van der Waals surface area contributed by atoms with Crippen molar-refractivity contribution in [2.45, 2.75) is 81.1 Å². The predicted molar refractivity (Wildman–Crippen MR) is 210 cm³/mol. The Hall–Kier alpha value is -5.73. The molecule has 2 aromatic heterocycles. The topological polar surface area (TPSA) is 228 Å². The smallest absolute Gasteiger partial charge is 0.490 e. The van der Waals surface area contributed by atoms with Crippen LogP contribution in [0, 0.1) is 0 Å². The number of aliphatic carboxylic acids is 1. The van der Waals surface area contributed by atoms with E-state index in [0.29, 0.717) is 49.0 Å². The number of anilines is 2. The summed E-state index contributed by atoms with van der Waals surface area (Å²) in [6.07, 6.45) is -3.56. The summed E-state index contributed by atoms with van der Waals surface area (Å²) in [5.74, 6) is -1.22. The Morgan fingerprint density at radius 2 is 1.66 bits per heavy atom. The van der Waals surface area contributed by atoms with E-state index in [-0.39, 0.29) is 36.4 Å². The van der Waals surface area contributed by atoms with Gasteiger partial charge < -0.3 is 56.1 Å². The summed E-state index contributed by atoms with van der Waals surface area (Å²) >= 11 is 0. The van der Waals surface area contributed by atoms with Crippen molar-refractivity contribution in [3.8, 4) is 5.75 Å². The fourth-order valence-electron chi connectivity index (χ4n) is 7.55. The number of methoxy groups -OCH3 is 1. The zero-order valence-corrected chi connectivity index (χ0v) is 32.5. The highest BCUT2D eigenvalue weighted by Gasteiger charge is 2.44. The zero-order valence-electron chi connectivity index (χ0n) is 32.5. The molecule has 7 atom stereocenters. The highest BCUT2D eigenvalue weighted by atomic mass is 19.4. The molecular formula is C39H49F3N10O7. The number of aliphatic hydroxyl groups is 2. The van der Waals surface area contributed by atoms with E-state index in [0.717, 1.165) is 42.8 Å². The minimum absolute atomic E-state index is 0.0358. The summed E-state index contributed by atoms with van der Waals surface area (Å²) in [5, 5.41) is 45.1. The average Bonchev–Trinajstić information content (AvgIpc) is 4.05. The van der Waals surface area contributed by atoms with E-state index >= 15 is 0 Å². The number of carbonyl (C=O) groups excluding carboxylic acids is 2. The first-order valence-electron chi connectivity index (χ1n) is 19.4. The molecule has 1 unspecified atom stereocenters. The van der Waals surface area contributed by atoms with Crippen LogP contribution < -0.4 is 36.2 Å². The van der Waals surface area contributed by atoms with Crippen molar-refractivity contribution in [3.63, 3.8) is 0 Å². The molecule has 0 radical (unpaired) electrons. The Kier molecular flexibility index (Phi) is 13.7. The molecule has 2 aliphatic heterocycles. The van der Waals surface area contributed by atoms with E-state index in [1.807, 2.05) is 35.2 Å². The van der Waals surface area contributed by atoms with Crippen molar-refractivity contribution in [1.29, 1.82) is 0 Å². The minimum Gasteiger partial charge on any atom is -0.497 e. The molecule has 0 spiro atoms. The van der Waals surface area contributed by atoms with Gasteiger partial charge in [0.2, 0.25) is 11.9 Å². The normalized spacial score (nSPS) is 23.3. The number of imidazole rings is 1. The molecular weight excluding hydrogens is 777 g/mol. The number of hydrogen-bond donors (Lipinski definition) is 8. The van der Waals surface area contributed by atoms with Crippen molar-refractivity contribution in [3.05, 3.63) is 72.1 Å². The molecule has 17 nitrogen and oxygen atoms in total. The molecule has 3 amide bonds. The second kappa shape index (κ2) is 18.9. The molecule has 3 aliphatic rings. The first kappa shape index (κ1) is 42.9. The predicted octanol–water partition coefficient (Wildman–Crippen LogP) is 2.51. The number of rotatable bonds is 12. The molecule has 2 saturated heterocycles. The van der Waals surface area contributed by atoms with Crippen molar-refractivity contribution >= 4 is 40.8 Å². The van der Waals surface area contributed by atoms with Crippen LogP contribution >= 0.6 is 0 Å². The van der Waals surface area contributed by atoms with E-state index in [1.165, 1.54) is 0 Å². The van der Waals surface area contributed by atoms with Crippen molar-refractivity contribution in [2.75, 3.05) is 50.1 Å². The summed E-state index contributed by atoms with van der Waals surface area (Å²) in [4.78, 5) is 50.7. The number of aromatic nitrogens is 4. The van der Waals surface area contributed by atoms with Crippen LogP contribution in [-0.2, 0) is 9.59 Å². The van der Waals surface area contributed by atoms with Crippen LogP contribution in [0.15, 0.2) is 60.9 Å². The number of carboxylic acid groups (broad SMARTS) is 1. The number of carbonyl (C=O) groups is 3. The number of amides is 3. The molecule has 3 fully saturated rings. The van der Waals surface area contributed by atoms with Crippen LogP contribution in [-0.4, -0.2) is 129 Å². The Balaban J connectivity index is 0.000000768. The van der Waals surface area contributed by atoms with Crippen LogP contribution in [0.5, 0.6) is 5.75 Å². The van der Waals surface area contributed by atoms with E-state index in [9.17, 15) is 33.0 Å². The number of fused-ring (bicyclic) bond motifs is 1. The Morgan fingerprint density at radius 3 is 2.31 bits per heavy atom. The molecule has 7 rings (SSSR count). The summed E-state index contributed by atoms with van der Waals surface area (Å²) in [6.45, 7) is 5.05. The van der Waals surface area contributed by atoms with Gasteiger partial charge in [0.1, 0.15) is 18.0 Å². The molecule has 1 saturated carbocycles. The van der Waals surface area contributed by atoms with Crippen LogP contribution in [0.1, 0.15) is 55.7 Å². The summed E-state index contributed by atoms with van der Waals surface area (Å²) in [5.41, 5.74) is 3.24. The third-order valence-corrected chi connectivity index (χ3v) is 10.7. The van der Waals surface area contributed by atoms with Crippen LogP contribution in [0.25, 0.3) is 11.2 Å². The number of aliphatic hydroxyl groups excluding tert-OH is 2. The van der Waals surface area contributed by atoms with E-state index in [1.54, 1.807) is 24.9 Å². The van der Waals surface area contributed by atoms with Crippen LogP contribution in [0.4, 0.5) is 29.7 Å². The highest BCUT2D eigenvalue weighted by molar-refractivity contribution is 5.85. The minimum atomic E-state index is -5.08. The number of alkyl halides is 3. The number of carboxylic acids is 1. The van der Waals surface area contributed by atoms with Gasteiger partial charge >= 0.3 is 18.2 Å². The number of nitrogens with one attached hydrogen (secondary N) is 5. The van der Waals surface area contributed by atoms with Gasteiger partial charge in [-0.2, -0.15) is 23.1 Å². The van der Waals surface area contributed by atoms with Gasteiger partial charge in [0.25, 0.3) is 0 Å². The molecule has 318 valence electrons. The average molecular weight is 827 g/mol. The van der Waals surface area contributed by atoms with Crippen molar-refractivity contribution < 1.29 is 47.6 Å². The number of nitrogens with zero attached hydrogens (tertiary/aromatic N) is 5. The van der Waals surface area contributed by atoms with E-state index < -0.39 is 36.4 Å². The molecule has 8 N–H and O–H groups in total. The number of ether oxygens (including phenoxy) is 1. The number of benzene rings is 2. The Bertz CT molecular complexity index is 2050. The molecule has 20 heteroatoms. The zero-order chi connectivity index (χ0) is 42.3. The lowest BCUT2D eigenvalue weighted by Gasteiger charge is -2.22. The maximum Gasteiger partial charge on any atom is 0.490 e. The monoisotopic (exact) mass is 826 g/mol. The fourth-order valence-corrected chi connectivity index (χ4v) is 7.55. The number of halogens is 3. The summed E-state index contributed by atoms with van der Waals surface area (Å²) in [6, 6.07) is 16.9.